The summed E-state index contributed by atoms with van der Waals surface area (Å²) >= 11 is 1.51. The standard InChI is InChI=1S/C16H19N3O3S/c1-11(20)19-13(14-4-3-7-23-14)8-15(21)17-9-12-5-6-16(22-2)18-10-12/h3-7,10,13H,8-9H2,1-2H3,(H,17,21)(H,19,20)/t13-/m0/s1. The Hall–Kier alpha value is -2.41. The molecule has 0 fully saturated rings. The molecule has 0 saturated carbocycles. The highest BCUT2D eigenvalue weighted by Gasteiger charge is 2.17. The van der Waals surface area contributed by atoms with Gasteiger partial charge in [-0.2, -0.15) is 0 Å². The van der Waals surface area contributed by atoms with Crippen molar-refractivity contribution in [2.24, 2.45) is 0 Å². The Morgan fingerprint density at radius 2 is 2.17 bits per heavy atom. The molecule has 7 heteroatoms. The van der Waals surface area contributed by atoms with Crippen LogP contribution in [0, 0.1) is 0 Å². The van der Waals surface area contributed by atoms with Crippen molar-refractivity contribution in [2.75, 3.05) is 7.11 Å². The van der Waals surface area contributed by atoms with Gasteiger partial charge in [0.05, 0.1) is 19.6 Å². The summed E-state index contributed by atoms with van der Waals surface area (Å²) < 4.78 is 4.99. The average Bonchev–Trinajstić information content (AvgIpc) is 3.07. The second kappa shape index (κ2) is 8.28. The van der Waals surface area contributed by atoms with Crippen molar-refractivity contribution in [3.05, 3.63) is 46.3 Å². The van der Waals surface area contributed by atoms with E-state index in [9.17, 15) is 9.59 Å². The van der Waals surface area contributed by atoms with Gasteiger partial charge in [-0.1, -0.05) is 12.1 Å². The van der Waals surface area contributed by atoms with E-state index in [0.717, 1.165) is 10.4 Å². The molecule has 0 aliphatic carbocycles. The van der Waals surface area contributed by atoms with Gasteiger partial charge in [0.15, 0.2) is 0 Å². The van der Waals surface area contributed by atoms with Gasteiger partial charge in [0.25, 0.3) is 0 Å². The van der Waals surface area contributed by atoms with Gasteiger partial charge in [-0.3, -0.25) is 9.59 Å². The number of pyridine rings is 1. The van der Waals surface area contributed by atoms with E-state index in [0.29, 0.717) is 12.4 Å². The third-order valence-corrected chi connectivity index (χ3v) is 4.14. The fraction of sp³-hybridized carbons (Fsp3) is 0.312. The molecular weight excluding hydrogens is 314 g/mol. The minimum atomic E-state index is -0.304. The largest absolute Gasteiger partial charge is 0.481 e. The molecule has 0 radical (unpaired) electrons. The van der Waals surface area contributed by atoms with Gasteiger partial charge in [-0.15, -0.1) is 11.3 Å². The predicted molar refractivity (Wildman–Crippen MR) is 88.1 cm³/mol. The minimum Gasteiger partial charge on any atom is -0.481 e. The Morgan fingerprint density at radius 3 is 2.74 bits per heavy atom. The molecule has 6 nitrogen and oxygen atoms in total. The maximum atomic E-state index is 12.1. The molecule has 23 heavy (non-hydrogen) atoms. The number of hydrogen-bond acceptors (Lipinski definition) is 5. The molecule has 2 amide bonds. The average molecular weight is 333 g/mol. The summed E-state index contributed by atoms with van der Waals surface area (Å²) in [5.74, 6) is 0.243. The molecule has 0 saturated heterocycles. The number of nitrogens with one attached hydrogen (secondary N) is 2. The number of rotatable bonds is 7. The van der Waals surface area contributed by atoms with Crippen molar-refractivity contribution in [1.82, 2.24) is 15.6 Å². The third-order valence-electron chi connectivity index (χ3n) is 3.15. The van der Waals surface area contributed by atoms with Crippen LogP contribution in [-0.4, -0.2) is 23.9 Å². The van der Waals surface area contributed by atoms with Crippen molar-refractivity contribution in [1.29, 1.82) is 0 Å². The summed E-state index contributed by atoms with van der Waals surface area (Å²) in [4.78, 5) is 28.5. The molecular formula is C16H19N3O3S. The third kappa shape index (κ3) is 5.37. The first-order valence-electron chi connectivity index (χ1n) is 7.14. The lowest BCUT2D eigenvalue weighted by Gasteiger charge is -2.16. The van der Waals surface area contributed by atoms with E-state index in [1.54, 1.807) is 19.4 Å². The number of thiophene rings is 1. The number of aromatic nitrogens is 1. The van der Waals surface area contributed by atoms with Crippen LogP contribution in [0.3, 0.4) is 0 Å². The first kappa shape index (κ1) is 17.0. The Balaban J connectivity index is 1.89. The topological polar surface area (TPSA) is 80.3 Å². The van der Waals surface area contributed by atoms with Crippen molar-refractivity contribution in [3.63, 3.8) is 0 Å². The van der Waals surface area contributed by atoms with Crippen LogP contribution in [0.15, 0.2) is 35.8 Å². The molecule has 122 valence electrons. The monoisotopic (exact) mass is 333 g/mol. The van der Waals surface area contributed by atoms with E-state index in [-0.39, 0.29) is 24.3 Å². The molecule has 0 unspecified atom stereocenters. The van der Waals surface area contributed by atoms with Crippen LogP contribution in [-0.2, 0) is 16.1 Å². The van der Waals surface area contributed by atoms with Crippen molar-refractivity contribution < 1.29 is 14.3 Å². The molecule has 2 aromatic heterocycles. The zero-order chi connectivity index (χ0) is 16.7. The van der Waals surface area contributed by atoms with E-state index < -0.39 is 0 Å². The van der Waals surface area contributed by atoms with Crippen molar-refractivity contribution in [3.8, 4) is 5.88 Å². The molecule has 2 aromatic rings. The molecule has 2 rings (SSSR count). The number of ether oxygens (including phenoxy) is 1. The summed E-state index contributed by atoms with van der Waals surface area (Å²) in [6, 6.07) is 7.09. The van der Waals surface area contributed by atoms with Gasteiger partial charge in [0.2, 0.25) is 17.7 Å². The molecule has 0 aromatic carbocycles. The lowest BCUT2D eigenvalue weighted by atomic mass is 10.1. The molecule has 2 heterocycles. The fourth-order valence-corrected chi connectivity index (χ4v) is 2.83. The first-order chi connectivity index (χ1) is 11.1. The number of carbonyl (C=O) groups excluding carboxylic acids is 2. The van der Waals surface area contributed by atoms with E-state index in [1.165, 1.54) is 18.3 Å². The highest BCUT2D eigenvalue weighted by atomic mass is 32.1. The molecule has 0 bridgehead atoms. The normalized spacial score (nSPS) is 11.6. The lowest BCUT2D eigenvalue weighted by Crippen LogP contribution is -2.32. The van der Waals surface area contributed by atoms with E-state index >= 15 is 0 Å². The molecule has 0 spiro atoms. The first-order valence-corrected chi connectivity index (χ1v) is 8.02. The van der Waals surface area contributed by atoms with Crippen LogP contribution in [0.4, 0.5) is 0 Å². The van der Waals surface area contributed by atoms with Crippen LogP contribution in [0.1, 0.15) is 29.8 Å². The fourth-order valence-electron chi connectivity index (χ4n) is 2.05. The van der Waals surface area contributed by atoms with Gasteiger partial charge in [-0.05, 0) is 17.0 Å². The molecule has 0 aliphatic rings. The van der Waals surface area contributed by atoms with Gasteiger partial charge < -0.3 is 15.4 Å². The number of carbonyl (C=O) groups is 2. The Labute approximate surface area is 138 Å². The number of amides is 2. The Kier molecular flexibility index (Phi) is 6.10. The SMILES string of the molecule is COc1ccc(CNC(=O)C[C@H](NC(C)=O)c2cccs2)cn1. The second-order valence-electron chi connectivity index (χ2n) is 4.96. The maximum absolute atomic E-state index is 12.1. The van der Waals surface area contributed by atoms with Gasteiger partial charge >= 0.3 is 0 Å². The summed E-state index contributed by atoms with van der Waals surface area (Å²) in [5.41, 5.74) is 0.881. The highest BCUT2D eigenvalue weighted by Crippen LogP contribution is 2.22. The Bertz CT molecular complexity index is 641. The summed E-state index contributed by atoms with van der Waals surface area (Å²) in [6.45, 7) is 1.83. The highest BCUT2D eigenvalue weighted by molar-refractivity contribution is 7.10. The Morgan fingerprint density at radius 1 is 1.35 bits per heavy atom. The van der Waals surface area contributed by atoms with Crippen molar-refractivity contribution >= 4 is 23.2 Å². The number of methoxy groups -OCH3 is 1. The summed E-state index contributed by atoms with van der Waals surface area (Å²) in [5, 5.41) is 7.57. The summed E-state index contributed by atoms with van der Waals surface area (Å²) in [6.07, 6.45) is 1.85. The lowest BCUT2D eigenvalue weighted by molar-refractivity contribution is -0.122. The van der Waals surface area contributed by atoms with Crippen LogP contribution in [0.25, 0.3) is 0 Å². The van der Waals surface area contributed by atoms with Crippen LogP contribution in [0.2, 0.25) is 0 Å². The minimum absolute atomic E-state index is 0.132. The van der Waals surface area contributed by atoms with E-state index in [4.69, 9.17) is 4.74 Å². The summed E-state index contributed by atoms with van der Waals surface area (Å²) in [7, 11) is 1.55. The van der Waals surface area contributed by atoms with Crippen LogP contribution < -0.4 is 15.4 Å². The zero-order valence-corrected chi connectivity index (χ0v) is 13.9. The smallest absolute Gasteiger partial charge is 0.222 e. The predicted octanol–water partition coefficient (Wildman–Crippen LogP) is 2.04. The number of nitrogens with zero attached hydrogens (tertiary/aromatic N) is 1. The van der Waals surface area contributed by atoms with Crippen molar-refractivity contribution in [2.45, 2.75) is 25.9 Å². The number of hydrogen-bond donors (Lipinski definition) is 2. The van der Waals surface area contributed by atoms with Crippen LogP contribution in [0.5, 0.6) is 5.88 Å². The quantitative estimate of drug-likeness (QED) is 0.812. The van der Waals surface area contributed by atoms with Crippen LogP contribution >= 0.6 is 11.3 Å². The molecule has 1 atom stereocenters. The van der Waals surface area contributed by atoms with E-state index in [1.807, 2.05) is 23.6 Å². The maximum Gasteiger partial charge on any atom is 0.222 e. The zero-order valence-electron chi connectivity index (χ0n) is 13.0. The molecule has 0 aliphatic heterocycles. The molecule has 2 N–H and O–H groups in total. The van der Waals surface area contributed by atoms with Gasteiger partial charge in [-0.25, -0.2) is 4.98 Å². The van der Waals surface area contributed by atoms with E-state index in [2.05, 4.69) is 15.6 Å². The van der Waals surface area contributed by atoms with Gasteiger partial charge in [0, 0.05) is 30.6 Å². The second-order valence-corrected chi connectivity index (χ2v) is 5.94. The van der Waals surface area contributed by atoms with Gasteiger partial charge in [0.1, 0.15) is 0 Å².